The number of nitrogens with one attached hydrogen (secondary N) is 1. The molecule has 24 heteroatoms. The lowest BCUT2D eigenvalue weighted by Crippen LogP contribution is -2.55. The summed E-state index contributed by atoms with van der Waals surface area (Å²) in [6, 6.07) is 11.0. The van der Waals surface area contributed by atoms with Crippen molar-refractivity contribution in [2.45, 2.75) is 96.0 Å². The first kappa shape index (κ1) is 54.7. The van der Waals surface area contributed by atoms with Crippen LogP contribution in [-0.2, 0) is 37.8 Å². The maximum absolute atomic E-state index is 17.5. The van der Waals surface area contributed by atoms with Crippen LogP contribution in [0.15, 0.2) is 59.4 Å². The summed E-state index contributed by atoms with van der Waals surface area (Å²) in [7, 11) is 0. The largest absolute Gasteiger partial charge is 0.461 e. The van der Waals surface area contributed by atoms with Gasteiger partial charge in [-0.15, -0.1) is 11.3 Å². The van der Waals surface area contributed by atoms with Gasteiger partial charge in [0.25, 0.3) is 11.5 Å². The van der Waals surface area contributed by atoms with Crippen LogP contribution < -0.4 is 26.2 Å². The minimum atomic E-state index is -2.02. The molecule has 82 heavy (non-hydrogen) atoms. The van der Waals surface area contributed by atoms with Crippen molar-refractivity contribution in [2.75, 3.05) is 55.3 Å². The predicted octanol–water partition coefficient (Wildman–Crippen LogP) is 9.25. The third kappa shape index (κ3) is 8.75. The molecule has 9 heterocycles. The van der Waals surface area contributed by atoms with Gasteiger partial charge in [0.1, 0.15) is 59.5 Å². The summed E-state index contributed by atoms with van der Waals surface area (Å²) >= 11 is 7.85. The molecule has 2 amide bonds. The van der Waals surface area contributed by atoms with Gasteiger partial charge >= 0.3 is 18.1 Å². The van der Waals surface area contributed by atoms with Crippen LogP contribution in [0, 0.1) is 34.7 Å². The van der Waals surface area contributed by atoms with E-state index < -0.39 is 76.4 Å². The van der Waals surface area contributed by atoms with Gasteiger partial charge in [-0.05, 0) is 74.5 Å². The number of nitrogen functional groups attached to an aromatic ring is 1. The number of alkyl halides is 1. The lowest BCUT2D eigenvalue weighted by atomic mass is 9.86. The number of fused-ring (bicyclic) bond motifs is 8. The zero-order valence-corrected chi connectivity index (χ0v) is 46.4. The molecule has 0 radical (unpaired) electrons. The van der Waals surface area contributed by atoms with Crippen molar-refractivity contribution >= 4 is 89.3 Å². The maximum Gasteiger partial charge on any atom is 0.412 e. The molecule has 0 unspecified atom stereocenters. The Labute approximate surface area is 474 Å². The summed E-state index contributed by atoms with van der Waals surface area (Å²) in [6.07, 6.45) is -1.54. The number of carbonyl (C=O) groups excluding carboxylic acids is 3. The van der Waals surface area contributed by atoms with Crippen LogP contribution in [0.4, 0.5) is 38.9 Å². The normalized spacial score (nSPS) is 21.6. The molecule has 7 aromatic rings. The summed E-state index contributed by atoms with van der Waals surface area (Å²) in [6.45, 7) is 12.1. The number of benzene rings is 3. The van der Waals surface area contributed by atoms with Gasteiger partial charge in [0.05, 0.1) is 61.1 Å². The number of nitrogens with zero attached hydrogens (tertiary/aromatic N) is 8. The molecule has 0 spiro atoms. The summed E-state index contributed by atoms with van der Waals surface area (Å²) < 4.78 is 82.3. The molecule has 5 aliphatic heterocycles. The van der Waals surface area contributed by atoms with Gasteiger partial charge in [-0.2, -0.15) is 15.2 Å². The maximum atomic E-state index is 17.5. The number of rotatable bonds is 11. The molecule has 4 N–H and O–H groups in total. The van der Waals surface area contributed by atoms with Crippen LogP contribution in [0.2, 0.25) is 5.02 Å². The second kappa shape index (κ2) is 20.2. The van der Waals surface area contributed by atoms with Crippen molar-refractivity contribution in [3.63, 3.8) is 0 Å². The fourth-order valence-electron chi connectivity index (χ4n) is 12.6. The first-order chi connectivity index (χ1) is 39.1. The van der Waals surface area contributed by atoms with Gasteiger partial charge < -0.3 is 39.4 Å². The molecule has 3 aromatic carbocycles. The Morgan fingerprint density at radius 3 is 2.62 bits per heavy atom. The van der Waals surface area contributed by atoms with Gasteiger partial charge in [0.2, 0.25) is 0 Å². The second-order valence-electron chi connectivity index (χ2n) is 22.0. The van der Waals surface area contributed by atoms with Crippen LogP contribution in [0.3, 0.4) is 0 Å². The SMILES string of the molecule is C=C(C(=O)N1CCN(c2nc(OC[C@@]34CCCN3C[C@H](F)C4)nc3c(F)c(-c4ccc(F)c5sc(N)c(C#N)c45)c(Cl)cc23)[C@@H](C)C1)[C@H](OC(=O)Nc1cc2cc3c(nc2cc1F)-c1cc2c(c(=O)n1C3)COC(=O)[C@]2(O)CC)C(C)C. The summed E-state index contributed by atoms with van der Waals surface area (Å²) in [5.74, 6) is -4.05. The topological polar surface area (TPSA) is 231 Å². The van der Waals surface area contributed by atoms with Crippen LogP contribution in [0.25, 0.3) is 54.4 Å². The van der Waals surface area contributed by atoms with E-state index in [0.29, 0.717) is 35.3 Å². The number of thiophene rings is 1. The molecular formula is C58H53ClF4N10O8S. The van der Waals surface area contributed by atoms with Gasteiger partial charge in [0.15, 0.2) is 11.4 Å². The van der Waals surface area contributed by atoms with Crippen LogP contribution in [-0.4, -0.2) is 116 Å². The van der Waals surface area contributed by atoms with Crippen LogP contribution >= 0.6 is 22.9 Å². The average molecular weight is 1160 g/mol. The Morgan fingerprint density at radius 2 is 1.88 bits per heavy atom. The molecule has 0 bridgehead atoms. The third-order valence-corrected chi connectivity index (χ3v) is 18.1. The number of anilines is 3. The second-order valence-corrected chi connectivity index (χ2v) is 23.5. The quantitative estimate of drug-likeness (QED) is 0.0622. The fourth-order valence-corrected chi connectivity index (χ4v) is 13.8. The molecule has 0 saturated carbocycles. The smallest absolute Gasteiger partial charge is 0.412 e. The lowest BCUT2D eigenvalue weighted by Gasteiger charge is -2.41. The van der Waals surface area contributed by atoms with E-state index in [-0.39, 0.29) is 146 Å². The highest BCUT2D eigenvalue weighted by atomic mass is 35.5. The van der Waals surface area contributed by atoms with Crippen molar-refractivity contribution in [1.82, 2.24) is 29.3 Å². The monoisotopic (exact) mass is 1160 g/mol. The van der Waals surface area contributed by atoms with Crippen molar-refractivity contribution in [3.8, 4) is 34.6 Å². The van der Waals surface area contributed by atoms with Crippen molar-refractivity contribution < 1.29 is 51.3 Å². The summed E-state index contributed by atoms with van der Waals surface area (Å²) in [4.78, 5) is 73.9. The number of pyridine rings is 2. The number of piperazine rings is 1. The number of ether oxygens (including phenoxy) is 3. The van der Waals surface area contributed by atoms with Gasteiger partial charge in [-0.25, -0.2) is 32.1 Å². The molecular weight excluding hydrogens is 1110 g/mol. The molecule has 12 rings (SSSR count). The lowest BCUT2D eigenvalue weighted by molar-refractivity contribution is -0.172. The van der Waals surface area contributed by atoms with E-state index in [9.17, 15) is 33.9 Å². The molecule has 3 saturated heterocycles. The zero-order chi connectivity index (χ0) is 58.0. The number of nitriles is 1. The first-order valence-electron chi connectivity index (χ1n) is 26.8. The van der Waals surface area contributed by atoms with Crippen molar-refractivity contribution in [3.05, 3.63) is 110 Å². The van der Waals surface area contributed by atoms with E-state index in [1.165, 1.54) is 22.8 Å². The Kier molecular flexibility index (Phi) is 13.5. The molecule has 5 aliphatic rings. The Bertz CT molecular complexity index is 4060. The van der Waals surface area contributed by atoms with Crippen LogP contribution in [0.1, 0.15) is 75.6 Å². The number of carbonyl (C=O) groups is 3. The standard InChI is InChI=1S/C58H53ClF4N10O8S/c1-6-58(78)36-17-42-46-30(22-73(42)53(75)35(36)24-79-54(58)76)14-29-15-41(39(62)18-40(29)66-46)67-56(77)81-48(26(2)3)28(5)52(74)70-12-13-72(27(4)21-70)51-33-16-37(59)44(32-8-9-38(61)49-43(32)34(20-64)50(65)82-49)45(63)47(33)68-55(69-51)80-25-57-10-7-11-71(57)23-31(60)19-57/h8-9,14-18,26-27,31,48,78H,5-7,10-13,19,21-25,65H2,1-4H3,(H,67,77)/t27-,31+,48+,57-,58-/m0/s1. The number of cyclic esters (lactones) is 1. The number of hydrogen-bond donors (Lipinski definition) is 3. The number of esters is 1. The Morgan fingerprint density at radius 1 is 1.09 bits per heavy atom. The van der Waals surface area contributed by atoms with Crippen molar-refractivity contribution in [2.24, 2.45) is 5.92 Å². The van der Waals surface area contributed by atoms with E-state index in [4.69, 9.17) is 36.5 Å². The summed E-state index contributed by atoms with van der Waals surface area (Å²) in [5.41, 5.74) is 4.29. The molecule has 18 nitrogen and oxygen atoms in total. The highest BCUT2D eigenvalue weighted by Gasteiger charge is 2.50. The number of aliphatic hydroxyl groups is 1. The molecule has 3 fully saturated rings. The minimum Gasteiger partial charge on any atom is -0.461 e. The number of hydrogen-bond acceptors (Lipinski definition) is 16. The van der Waals surface area contributed by atoms with E-state index in [1.54, 1.807) is 37.8 Å². The average Bonchev–Trinajstić information content (AvgIpc) is 4.23. The molecule has 5 atom stereocenters. The number of halogens is 5. The third-order valence-electron chi connectivity index (χ3n) is 16.7. The highest BCUT2D eigenvalue weighted by Crippen LogP contribution is 2.47. The first-order valence-corrected chi connectivity index (χ1v) is 28.0. The Hall–Kier alpha value is -7.91. The van der Waals surface area contributed by atoms with E-state index in [2.05, 4.69) is 26.8 Å². The number of amides is 2. The molecule has 424 valence electrons. The van der Waals surface area contributed by atoms with Gasteiger partial charge in [0, 0.05) is 77.6 Å². The highest BCUT2D eigenvalue weighted by molar-refractivity contribution is 7.23. The molecule has 0 aliphatic carbocycles. The number of aromatic nitrogens is 4. The van der Waals surface area contributed by atoms with Gasteiger partial charge in [-0.1, -0.05) is 45.0 Å². The van der Waals surface area contributed by atoms with Crippen LogP contribution in [0.5, 0.6) is 6.01 Å². The zero-order valence-electron chi connectivity index (χ0n) is 44.8. The van der Waals surface area contributed by atoms with Crippen molar-refractivity contribution in [1.29, 1.82) is 5.26 Å². The summed E-state index contributed by atoms with van der Waals surface area (Å²) in [5, 5.41) is 24.4. The predicted molar refractivity (Wildman–Crippen MR) is 299 cm³/mol. The van der Waals surface area contributed by atoms with Gasteiger partial charge in [-0.3, -0.25) is 19.8 Å². The minimum absolute atomic E-state index is 0.0303. The van der Waals surface area contributed by atoms with E-state index in [1.807, 2.05) is 17.9 Å². The number of nitrogens with two attached hydrogens (primary N) is 1. The fraction of sp³-hybridized carbons (Fsp3) is 0.379. The van der Waals surface area contributed by atoms with E-state index >= 15 is 13.2 Å². The Balaban J connectivity index is 0.783. The van der Waals surface area contributed by atoms with E-state index in [0.717, 1.165) is 29.9 Å². The molecule has 4 aromatic heterocycles.